The molecule has 3 N–H and O–H groups in total. The summed E-state index contributed by atoms with van der Waals surface area (Å²) in [4.78, 5) is 6.97. The first kappa shape index (κ1) is 24.2. The predicted molar refractivity (Wildman–Crippen MR) is 119 cm³/mol. The summed E-state index contributed by atoms with van der Waals surface area (Å²) in [6, 6.07) is 3.65. The second kappa shape index (κ2) is 11.9. The molecule has 2 atom stereocenters. The van der Waals surface area contributed by atoms with Crippen LogP contribution < -0.4 is 10.6 Å². The van der Waals surface area contributed by atoms with Crippen molar-refractivity contribution in [2.45, 2.75) is 33.3 Å². The maximum absolute atomic E-state index is 10.6. The lowest BCUT2D eigenvalue weighted by Crippen LogP contribution is -2.44. The largest absolute Gasteiger partial charge is 0.463 e. The molecule has 0 bridgehead atoms. The minimum atomic E-state index is -1.13. The van der Waals surface area contributed by atoms with Crippen LogP contribution in [0.25, 0.3) is 0 Å². The Labute approximate surface area is 180 Å². The highest BCUT2D eigenvalue weighted by atomic mass is 127. The van der Waals surface area contributed by atoms with Crippen molar-refractivity contribution in [3.63, 3.8) is 0 Å². The van der Waals surface area contributed by atoms with Crippen LogP contribution in [0, 0.1) is 12.8 Å². The number of aliphatic imine (C=N–C) groups is 1. The van der Waals surface area contributed by atoms with Crippen LogP contribution in [-0.2, 0) is 10.3 Å². The van der Waals surface area contributed by atoms with Gasteiger partial charge >= 0.3 is 0 Å². The van der Waals surface area contributed by atoms with Crippen LogP contribution in [0.5, 0.6) is 0 Å². The lowest BCUT2D eigenvalue weighted by molar-refractivity contribution is 0.0320. The van der Waals surface area contributed by atoms with E-state index in [0.717, 1.165) is 51.7 Å². The van der Waals surface area contributed by atoms with Crippen LogP contribution in [0.2, 0.25) is 0 Å². The Balaban J connectivity index is 0.00000364. The van der Waals surface area contributed by atoms with E-state index in [2.05, 4.69) is 27.4 Å². The molecule has 1 fully saturated rings. The normalized spacial score (nSPS) is 19.1. The van der Waals surface area contributed by atoms with Crippen LogP contribution in [0.4, 0.5) is 0 Å². The highest BCUT2D eigenvalue weighted by Gasteiger charge is 2.26. The van der Waals surface area contributed by atoms with Crippen LogP contribution in [0.15, 0.2) is 21.5 Å². The number of ether oxygens (including phenoxy) is 1. The number of halogens is 1. The number of nitrogens with one attached hydrogen (secondary N) is 2. The Bertz CT molecular complexity index is 571. The SMILES string of the molecule is CCNC(=NCC(C)(O)c1ccc(C)o1)NCC(C)CN1CCOCC1.I. The van der Waals surface area contributed by atoms with Gasteiger partial charge in [0.25, 0.3) is 0 Å². The lowest BCUT2D eigenvalue weighted by Gasteiger charge is -2.29. The summed E-state index contributed by atoms with van der Waals surface area (Å²) in [7, 11) is 0. The van der Waals surface area contributed by atoms with Crippen molar-refractivity contribution in [1.82, 2.24) is 15.5 Å². The summed E-state index contributed by atoms with van der Waals surface area (Å²) < 4.78 is 10.9. The molecule has 1 aromatic rings. The van der Waals surface area contributed by atoms with E-state index in [0.29, 0.717) is 17.6 Å². The molecule has 8 heteroatoms. The van der Waals surface area contributed by atoms with Gasteiger partial charge in [-0.3, -0.25) is 4.90 Å². The van der Waals surface area contributed by atoms with Crippen molar-refractivity contribution in [2.75, 3.05) is 52.5 Å². The molecule has 7 nitrogen and oxygen atoms in total. The summed E-state index contributed by atoms with van der Waals surface area (Å²) in [5.41, 5.74) is -1.13. The molecule has 0 spiro atoms. The van der Waals surface area contributed by atoms with Gasteiger partial charge in [0.1, 0.15) is 17.1 Å². The standard InChI is InChI=1S/C19H34N4O3.HI/c1-5-20-18(21-12-15(2)13-23-8-10-25-11-9-23)22-14-19(4,24)17-7-6-16(3)26-17;/h6-7,15,24H,5,8-14H2,1-4H3,(H2,20,21,22);1H. The van der Waals surface area contributed by atoms with Gasteiger partial charge < -0.3 is 24.9 Å². The third-order valence-electron chi connectivity index (χ3n) is 4.45. The molecule has 1 aliphatic heterocycles. The van der Waals surface area contributed by atoms with E-state index >= 15 is 0 Å². The van der Waals surface area contributed by atoms with E-state index in [-0.39, 0.29) is 30.5 Å². The number of morpholine rings is 1. The molecule has 0 aromatic carbocycles. The quantitative estimate of drug-likeness (QED) is 0.291. The van der Waals surface area contributed by atoms with Crippen molar-refractivity contribution in [1.29, 1.82) is 0 Å². The Morgan fingerprint density at radius 1 is 1.33 bits per heavy atom. The Kier molecular flexibility index (Phi) is 10.6. The first-order chi connectivity index (χ1) is 12.4. The number of hydrogen-bond acceptors (Lipinski definition) is 5. The van der Waals surface area contributed by atoms with Gasteiger partial charge in [0.15, 0.2) is 5.96 Å². The van der Waals surface area contributed by atoms with Crippen LogP contribution in [0.1, 0.15) is 32.3 Å². The molecule has 156 valence electrons. The van der Waals surface area contributed by atoms with E-state index < -0.39 is 5.60 Å². The van der Waals surface area contributed by atoms with Gasteiger partial charge in [-0.15, -0.1) is 24.0 Å². The zero-order valence-electron chi connectivity index (χ0n) is 17.0. The maximum atomic E-state index is 10.6. The minimum absolute atomic E-state index is 0. The highest BCUT2D eigenvalue weighted by molar-refractivity contribution is 14.0. The first-order valence-corrected chi connectivity index (χ1v) is 9.52. The third kappa shape index (κ3) is 8.37. The number of rotatable bonds is 8. The van der Waals surface area contributed by atoms with E-state index in [1.54, 1.807) is 13.0 Å². The van der Waals surface area contributed by atoms with E-state index in [9.17, 15) is 5.11 Å². The van der Waals surface area contributed by atoms with Crippen molar-refractivity contribution >= 4 is 29.9 Å². The number of nitrogens with zero attached hydrogens (tertiary/aromatic N) is 2. The van der Waals surface area contributed by atoms with Gasteiger partial charge in [-0.05, 0) is 38.8 Å². The predicted octanol–water partition coefficient (Wildman–Crippen LogP) is 1.94. The van der Waals surface area contributed by atoms with Crippen LogP contribution in [0.3, 0.4) is 0 Å². The summed E-state index contributed by atoms with van der Waals surface area (Å²) in [5.74, 6) is 2.52. The molecular formula is C19H35IN4O3. The Hall–Kier alpha value is -0.840. The molecule has 1 aromatic heterocycles. The minimum Gasteiger partial charge on any atom is -0.463 e. The van der Waals surface area contributed by atoms with Gasteiger partial charge in [0.05, 0.1) is 19.8 Å². The Morgan fingerprint density at radius 3 is 2.63 bits per heavy atom. The zero-order chi connectivity index (χ0) is 19.0. The zero-order valence-corrected chi connectivity index (χ0v) is 19.3. The topological polar surface area (TPSA) is 82.3 Å². The van der Waals surface area contributed by atoms with E-state index in [1.165, 1.54) is 0 Å². The van der Waals surface area contributed by atoms with Gasteiger partial charge in [-0.25, -0.2) is 4.99 Å². The number of hydrogen-bond donors (Lipinski definition) is 3. The second-order valence-electron chi connectivity index (χ2n) is 7.28. The van der Waals surface area contributed by atoms with Crippen molar-refractivity contribution in [3.8, 4) is 0 Å². The lowest BCUT2D eigenvalue weighted by atomic mass is 10.0. The summed E-state index contributed by atoms with van der Waals surface area (Å²) in [5, 5.41) is 17.2. The second-order valence-corrected chi connectivity index (χ2v) is 7.28. The molecule has 27 heavy (non-hydrogen) atoms. The maximum Gasteiger partial charge on any atom is 0.191 e. The van der Waals surface area contributed by atoms with Gasteiger partial charge in [-0.2, -0.15) is 0 Å². The number of aryl methyl sites for hydroxylation is 1. The fourth-order valence-corrected chi connectivity index (χ4v) is 2.94. The number of guanidine groups is 1. The summed E-state index contributed by atoms with van der Waals surface area (Å²) in [6.45, 7) is 14.4. The fourth-order valence-electron chi connectivity index (χ4n) is 2.94. The first-order valence-electron chi connectivity index (χ1n) is 9.52. The summed E-state index contributed by atoms with van der Waals surface area (Å²) in [6.07, 6.45) is 0. The molecule has 2 heterocycles. The van der Waals surface area contributed by atoms with Gasteiger partial charge in [0.2, 0.25) is 0 Å². The number of aliphatic hydroxyl groups is 1. The molecule has 0 radical (unpaired) electrons. The Morgan fingerprint density at radius 2 is 2.04 bits per heavy atom. The van der Waals surface area contributed by atoms with Crippen molar-refractivity contribution < 1.29 is 14.3 Å². The average Bonchev–Trinajstić information content (AvgIpc) is 3.06. The van der Waals surface area contributed by atoms with Gasteiger partial charge in [0, 0.05) is 32.7 Å². The summed E-state index contributed by atoms with van der Waals surface area (Å²) >= 11 is 0. The molecule has 1 aliphatic rings. The van der Waals surface area contributed by atoms with Gasteiger partial charge in [-0.1, -0.05) is 6.92 Å². The van der Waals surface area contributed by atoms with E-state index in [1.807, 2.05) is 19.9 Å². The highest BCUT2D eigenvalue weighted by Crippen LogP contribution is 2.23. The van der Waals surface area contributed by atoms with Crippen molar-refractivity contribution in [2.24, 2.45) is 10.9 Å². The van der Waals surface area contributed by atoms with Crippen LogP contribution >= 0.6 is 24.0 Å². The van der Waals surface area contributed by atoms with E-state index in [4.69, 9.17) is 9.15 Å². The molecule has 2 unspecified atom stereocenters. The molecule has 2 rings (SSSR count). The molecule has 0 aliphatic carbocycles. The monoisotopic (exact) mass is 494 g/mol. The molecular weight excluding hydrogens is 459 g/mol. The molecule has 0 saturated carbocycles. The average molecular weight is 494 g/mol. The number of furan rings is 1. The third-order valence-corrected chi connectivity index (χ3v) is 4.45. The smallest absolute Gasteiger partial charge is 0.191 e. The molecule has 1 saturated heterocycles. The fraction of sp³-hybridized carbons (Fsp3) is 0.737. The molecule has 0 amide bonds. The van der Waals surface area contributed by atoms with Crippen LogP contribution in [-0.4, -0.2) is 68.4 Å². The van der Waals surface area contributed by atoms with Crippen molar-refractivity contribution in [3.05, 3.63) is 23.7 Å².